The van der Waals surface area contributed by atoms with Crippen molar-refractivity contribution < 1.29 is 4.79 Å². The van der Waals surface area contributed by atoms with Gasteiger partial charge in [0.15, 0.2) is 5.78 Å². The number of nitrogens with zero attached hydrogens (tertiary/aromatic N) is 1. The van der Waals surface area contributed by atoms with Gasteiger partial charge in [0.05, 0.1) is 0 Å². The molecule has 0 saturated carbocycles. The molecule has 1 heterocycles. The molecule has 2 aliphatic rings. The van der Waals surface area contributed by atoms with E-state index >= 15 is 0 Å². The normalized spacial score (nSPS) is 22.5. The third-order valence-corrected chi connectivity index (χ3v) is 5.22. The summed E-state index contributed by atoms with van der Waals surface area (Å²) in [7, 11) is 0. The monoisotopic (exact) mass is 300 g/mol. The Morgan fingerprint density at radius 3 is 2.64 bits per heavy atom. The average Bonchev–Trinajstić information content (AvgIpc) is 2.91. The minimum Gasteiger partial charge on any atom is -0.384 e. The van der Waals surface area contributed by atoms with Gasteiger partial charge in [-0.3, -0.25) is 4.79 Å². The van der Waals surface area contributed by atoms with Crippen LogP contribution in [-0.2, 0) is 6.42 Å². The number of hydrogen-bond donors (Lipinski definition) is 1. The van der Waals surface area contributed by atoms with Crippen molar-refractivity contribution in [2.45, 2.75) is 58.4 Å². The Morgan fingerprint density at radius 2 is 2.00 bits per heavy atom. The average molecular weight is 300 g/mol. The fourth-order valence-corrected chi connectivity index (χ4v) is 4.35. The van der Waals surface area contributed by atoms with Crippen LogP contribution in [0.5, 0.6) is 0 Å². The van der Waals surface area contributed by atoms with Gasteiger partial charge in [0, 0.05) is 29.8 Å². The molecule has 1 aliphatic heterocycles. The summed E-state index contributed by atoms with van der Waals surface area (Å²) in [6.45, 7) is 9.60. The Kier molecular flexibility index (Phi) is 4.53. The number of benzene rings is 1. The lowest BCUT2D eigenvalue weighted by atomic mass is 9.78. The topological polar surface area (TPSA) is 32.3 Å². The van der Waals surface area contributed by atoms with E-state index in [-0.39, 0.29) is 5.78 Å². The summed E-state index contributed by atoms with van der Waals surface area (Å²) in [5.74, 6) is 0.792. The minimum absolute atomic E-state index is 0.210. The van der Waals surface area contributed by atoms with Crippen molar-refractivity contribution in [3.63, 3.8) is 0 Å². The summed E-state index contributed by atoms with van der Waals surface area (Å²) < 4.78 is 0. The second-order valence-electron chi connectivity index (χ2n) is 6.82. The van der Waals surface area contributed by atoms with Crippen LogP contribution < -0.4 is 5.32 Å². The highest BCUT2D eigenvalue weighted by molar-refractivity contribution is 5.97. The lowest BCUT2D eigenvalue weighted by Gasteiger charge is -2.37. The van der Waals surface area contributed by atoms with E-state index in [2.05, 4.69) is 30.1 Å². The molecule has 2 unspecified atom stereocenters. The van der Waals surface area contributed by atoms with Crippen LogP contribution in [0.3, 0.4) is 0 Å². The summed E-state index contributed by atoms with van der Waals surface area (Å²) in [5.41, 5.74) is 4.98. The van der Waals surface area contributed by atoms with Crippen LogP contribution in [0.1, 0.15) is 67.4 Å². The zero-order valence-electron chi connectivity index (χ0n) is 14.1. The van der Waals surface area contributed by atoms with Crippen molar-refractivity contribution in [3.8, 4) is 0 Å². The van der Waals surface area contributed by atoms with Crippen LogP contribution in [0.15, 0.2) is 12.1 Å². The van der Waals surface area contributed by atoms with Crippen LogP contribution in [0.25, 0.3) is 0 Å². The highest BCUT2D eigenvalue weighted by Gasteiger charge is 2.36. The molecular weight excluding hydrogens is 272 g/mol. The molecule has 2 atom stereocenters. The Morgan fingerprint density at radius 1 is 1.27 bits per heavy atom. The first-order valence-electron chi connectivity index (χ1n) is 8.80. The first-order valence-corrected chi connectivity index (χ1v) is 8.80. The summed E-state index contributed by atoms with van der Waals surface area (Å²) in [6.07, 6.45) is 4.67. The molecule has 1 aromatic rings. The zero-order valence-corrected chi connectivity index (χ0v) is 14.1. The third kappa shape index (κ3) is 2.67. The second-order valence-corrected chi connectivity index (χ2v) is 6.82. The van der Waals surface area contributed by atoms with Crippen LogP contribution in [0.2, 0.25) is 0 Å². The lowest BCUT2D eigenvalue weighted by Crippen LogP contribution is -2.41. The second kappa shape index (κ2) is 6.41. The molecule has 0 saturated heterocycles. The highest BCUT2D eigenvalue weighted by atomic mass is 16.1. The summed E-state index contributed by atoms with van der Waals surface area (Å²) in [4.78, 5) is 14.7. The number of ketones is 1. The van der Waals surface area contributed by atoms with Gasteiger partial charge in [-0.15, -0.1) is 0 Å². The smallest absolute Gasteiger partial charge is 0.160 e. The number of carbonyl (C=O) groups excluding carboxylic acids is 1. The van der Waals surface area contributed by atoms with Crippen molar-refractivity contribution in [1.29, 1.82) is 0 Å². The van der Waals surface area contributed by atoms with Crippen LogP contribution in [0.4, 0.5) is 5.69 Å². The third-order valence-electron chi connectivity index (χ3n) is 5.22. The van der Waals surface area contributed by atoms with Gasteiger partial charge in [-0.1, -0.05) is 13.8 Å². The van der Waals surface area contributed by atoms with E-state index in [1.165, 1.54) is 49.2 Å². The van der Waals surface area contributed by atoms with E-state index in [0.717, 1.165) is 18.5 Å². The maximum absolute atomic E-state index is 12.0. The molecular formula is C19H28N2O. The molecule has 0 amide bonds. The Bertz CT molecular complexity index is 561. The van der Waals surface area contributed by atoms with Gasteiger partial charge in [0.2, 0.25) is 0 Å². The number of hydrogen-bond acceptors (Lipinski definition) is 3. The van der Waals surface area contributed by atoms with Gasteiger partial charge in [-0.25, -0.2) is 0 Å². The lowest BCUT2D eigenvalue weighted by molar-refractivity contribution is 0.101. The molecule has 3 rings (SSSR count). The summed E-state index contributed by atoms with van der Waals surface area (Å²) in [5, 5.41) is 3.54. The van der Waals surface area contributed by atoms with E-state index in [0.29, 0.717) is 12.0 Å². The van der Waals surface area contributed by atoms with Gasteiger partial charge in [0.1, 0.15) is 0 Å². The molecule has 22 heavy (non-hydrogen) atoms. The fourth-order valence-electron chi connectivity index (χ4n) is 4.35. The molecule has 3 nitrogen and oxygen atoms in total. The number of nitrogens with one attached hydrogen (secondary N) is 1. The zero-order chi connectivity index (χ0) is 15.7. The van der Waals surface area contributed by atoms with Crippen LogP contribution >= 0.6 is 0 Å². The maximum atomic E-state index is 12.0. The molecule has 1 aromatic carbocycles. The molecule has 0 aromatic heterocycles. The Labute approximate surface area is 134 Å². The van der Waals surface area contributed by atoms with E-state index in [1.807, 2.05) is 6.07 Å². The van der Waals surface area contributed by atoms with Crippen LogP contribution in [-0.4, -0.2) is 36.4 Å². The maximum Gasteiger partial charge on any atom is 0.160 e. The summed E-state index contributed by atoms with van der Waals surface area (Å²) >= 11 is 0. The van der Waals surface area contributed by atoms with Gasteiger partial charge in [0.25, 0.3) is 0 Å². The molecule has 0 bridgehead atoms. The molecule has 0 radical (unpaired) electrons. The number of Topliss-reactive ketones (excluding diaryl/α,β-unsaturated/α-hetero) is 1. The van der Waals surface area contributed by atoms with E-state index in [9.17, 15) is 4.79 Å². The molecule has 0 spiro atoms. The molecule has 1 N–H and O–H groups in total. The molecule has 1 aliphatic carbocycles. The first-order chi connectivity index (χ1) is 10.7. The highest BCUT2D eigenvalue weighted by Crippen LogP contribution is 2.43. The van der Waals surface area contributed by atoms with Crippen LogP contribution in [0, 0.1) is 0 Å². The molecule has 120 valence electrons. The Hall–Kier alpha value is -1.35. The van der Waals surface area contributed by atoms with E-state index in [4.69, 9.17) is 0 Å². The first kappa shape index (κ1) is 15.5. The fraction of sp³-hybridized carbons (Fsp3) is 0.632. The van der Waals surface area contributed by atoms with Gasteiger partial charge in [-0.2, -0.15) is 0 Å². The number of carbonyl (C=O) groups is 1. The van der Waals surface area contributed by atoms with E-state index < -0.39 is 0 Å². The van der Waals surface area contributed by atoms with Crippen molar-refractivity contribution in [2.75, 3.05) is 25.0 Å². The van der Waals surface area contributed by atoms with Crippen molar-refractivity contribution in [2.24, 2.45) is 0 Å². The van der Waals surface area contributed by atoms with Gasteiger partial charge in [-0.05, 0) is 69.0 Å². The number of rotatable bonds is 6. The SMILES string of the molecule is CCCN(CCC)C1Cc2c(C(C)=O)ccc3c2C(CN3)C1. The minimum atomic E-state index is 0.210. The van der Waals surface area contributed by atoms with Crippen molar-refractivity contribution >= 4 is 11.5 Å². The van der Waals surface area contributed by atoms with Crippen molar-refractivity contribution in [1.82, 2.24) is 4.90 Å². The Balaban J connectivity index is 1.95. The van der Waals surface area contributed by atoms with Gasteiger partial charge < -0.3 is 10.2 Å². The number of anilines is 1. The van der Waals surface area contributed by atoms with Gasteiger partial charge >= 0.3 is 0 Å². The summed E-state index contributed by atoms with van der Waals surface area (Å²) in [6, 6.07) is 4.72. The predicted octanol–water partition coefficient (Wildman–Crippen LogP) is 3.84. The van der Waals surface area contributed by atoms with Crippen molar-refractivity contribution in [3.05, 3.63) is 28.8 Å². The molecule has 0 fully saturated rings. The quantitative estimate of drug-likeness (QED) is 0.810. The largest absolute Gasteiger partial charge is 0.384 e. The predicted molar refractivity (Wildman–Crippen MR) is 91.9 cm³/mol. The standard InChI is InChI=1S/C19H28N2O/c1-4-8-21(9-5-2)15-10-14-12-20-18-7-6-16(13(3)22)17(11-15)19(14)18/h6-7,14-15,20H,4-5,8-12H2,1-3H3. The van der Waals surface area contributed by atoms with E-state index in [1.54, 1.807) is 6.92 Å². The molecule has 3 heteroatoms.